The third-order valence-electron chi connectivity index (χ3n) is 5.43. The molecule has 1 aliphatic rings. The topological polar surface area (TPSA) is 52.0 Å². The third-order valence-corrected chi connectivity index (χ3v) is 7.06. The second kappa shape index (κ2) is 8.52. The molecule has 1 fully saturated rings. The summed E-state index contributed by atoms with van der Waals surface area (Å²) in [5.74, 6) is 2.74. The number of hydrogen-bond acceptors (Lipinski definition) is 5. The van der Waals surface area contributed by atoms with E-state index in [-0.39, 0.29) is 5.54 Å². The van der Waals surface area contributed by atoms with E-state index in [1.165, 1.54) is 22.5 Å². The quantitative estimate of drug-likeness (QED) is 0.445. The fourth-order valence-electron chi connectivity index (χ4n) is 4.02. The van der Waals surface area contributed by atoms with E-state index in [1.807, 2.05) is 0 Å². The lowest BCUT2D eigenvalue weighted by molar-refractivity contribution is 0.0613. The van der Waals surface area contributed by atoms with Crippen molar-refractivity contribution >= 4 is 54.3 Å². The molecule has 5 nitrogen and oxygen atoms in total. The second-order valence-electron chi connectivity index (χ2n) is 9.10. The number of aromatic nitrogens is 3. The first-order valence-electron chi connectivity index (χ1n) is 10.7. The van der Waals surface area contributed by atoms with E-state index < -0.39 is 0 Å². The van der Waals surface area contributed by atoms with Gasteiger partial charge in [0.2, 0.25) is 0 Å². The van der Waals surface area contributed by atoms with Crippen molar-refractivity contribution in [3.05, 3.63) is 15.7 Å². The number of thiophene rings is 1. The van der Waals surface area contributed by atoms with Gasteiger partial charge in [-0.1, -0.05) is 13.3 Å². The third kappa shape index (κ3) is 4.62. The largest absolute Gasteiger partial charge is 0.381 e. The number of unbranched alkanes of at least 4 members (excludes halogenated alkanes) is 1. The van der Waals surface area contributed by atoms with Crippen LogP contribution in [-0.2, 0) is 17.7 Å². The molecule has 0 aromatic carbocycles. The molecule has 4 heterocycles. The molecule has 1 N–H and O–H groups in total. The van der Waals surface area contributed by atoms with E-state index >= 15 is 0 Å². The van der Waals surface area contributed by atoms with E-state index in [2.05, 4.69) is 59.6 Å². The predicted molar refractivity (Wildman–Crippen MR) is 126 cm³/mol. The van der Waals surface area contributed by atoms with Crippen molar-refractivity contribution in [2.75, 3.05) is 18.5 Å². The monoisotopic (exact) mass is 478 g/mol. The highest BCUT2D eigenvalue weighted by molar-refractivity contribution is 9.11. The number of aryl methyl sites for hydroxylation is 1. The van der Waals surface area contributed by atoms with Crippen molar-refractivity contribution in [1.82, 2.24) is 14.5 Å². The zero-order chi connectivity index (χ0) is 20.6. The van der Waals surface area contributed by atoms with Gasteiger partial charge in [0.15, 0.2) is 5.82 Å². The van der Waals surface area contributed by atoms with Crippen LogP contribution in [0.1, 0.15) is 59.2 Å². The highest BCUT2D eigenvalue weighted by Crippen LogP contribution is 2.39. The van der Waals surface area contributed by atoms with Crippen LogP contribution in [0.3, 0.4) is 0 Å². The van der Waals surface area contributed by atoms with E-state index in [1.54, 1.807) is 11.3 Å². The molecule has 0 amide bonds. The maximum Gasteiger partial charge on any atom is 0.155 e. The van der Waals surface area contributed by atoms with E-state index in [0.29, 0.717) is 5.92 Å². The Morgan fingerprint density at radius 2 is 2.03 bits per heavy atom. The highest BCUT2D eigenvalue weighted by atomic mass is 79.9. The lowest BCUT2D eigenvalue weighted by atomic mass is 10.00. The summed E-state index contributed by atoms with van der Waals surface area (Å²) in [6.45, 7) is 11.5. The first kappa shape index (κ1) is 21.1. The van der Waals surface area contributed by atoms with Crippen molar-refractivity contribution in [2.24, 2.45) is 5.92 Å². The van der Waals surface area contributed by atoms with Gasteiger partial charge in [-0.15, -0.1) is 11.3 Å². The van der Waals surface area contributed by atoms with Crippen LogP contribution in [0, 0.1) is 5.92 Å². The maximum absolute atomic E-state index is 5.60. The van der Waals surface area contributed by atoms with Gasteiger partial charge >= 0.3 is 0 Å². The number of nitrogens with zero attached hydrogens (tertiary/aromatic N) is 3. The number of imidazole rings is 1. The normalized spacial score (nSPS) is 16.2. The number of pyridine rings is 1. The molecule has 4 rings (SSSR count). The van der Waals surface area contributed by atoms with E-state index in [4.69, 9.17) is 14.7 Å². The maximum atomic E-state index is 5.60. The van der Waals surface area contributed by atoms with Gasteiger partial charge in [0.1, 0.15) is 11.3 Å². The Morgan fingerprint density at radius 1 is 1.28 bits per heavy atom. The first-order valence-corrected chi connectivity index (χ1v) is 12.3. The standard InChI is InChI=1S/C22H31BrN4OS/c1-5-6-7-17-25-18-19(27(17)13-14-8-10-28-11-9-14)20-15(12-16(23)29-20)24-21(18)26-22(2,3)4/h12,14H,5-11,13H2,1-4H3,(H,24,26). The lowest BCUT2D eigenvalue weighted by Gasteiger charge is -2.24. The molecule has 0 spiro atoms. The predicted octanol–water partition coefficient (Wildman–Crippen LogP) is 6.39. The number of anilines is 1. The Bertz CT molecular complexity index is 998. The average Bonchev–Trinajstić information content (AvgIpc) is 3.20. The summed E-state index contributed by atoms with van der Waals surface area (Å²) in [6, 6.07) is 2.13. The molecule has 0 aliphatic carbocycles. The second-order valence-corrected chi connectivity index (χ2v) is 11.5. The van der Waals surface area contributed by atoms with Gasteiger partial charge in [-0.05, 0) is 67.9 Å². The molecule has 1 saturated heterocycles. The number of nitrogens with one attached hydrogen (secondary N) is 1. The van der Waals surface area contributed by atoms with Crippen LogP contribution in [0.25, 0.3) is 21.3 Å². The molecule has 7 heteroatoms. The summed E-state index contributed by atoms with van der Waals surface area (Å²) in [5.41, 5.74) is 3.22. The minimum Gasteiger partial charge on any atom is -0.381 e. The van der Waals surface area contributed by atoms with Crippen molar-refractivity contribution in [2.45, 2.75) is 71.9 Å². The van der Waals surface area contributed by atoms with Gasteiger partial charge in [0.25, 0.3) is 0 Å². The van der Waals surface area contributed by atoms with Crippen molar-refractivity contribution < 1.29 is 4.74 Å². The summed E-state index contributed by atoms with van der Waals surface area (Å²) in [6.07, 6.45) is 5.59. The van der Waals surface area contributed by atoms with Crippen LogP contribution >= 0.6 is 27.3 Å². The molecule has 3 aromatic rings. The summed E-state index contributed by atoms with van der Waals surface area (Å²) < 4.78 is 10.4. The zero-order valence-corrected chi connectivity index (χ0v) is 20.3. The van der Waals surface area contributed by atoms with Gasteiger partial charge in [0.05, 0.1) is 19.5 Å². The summed E-state index contributed by atoms with van der Waals surface area (Å²) in [4.78, 5) is 10.1. The molecule has 1 aliphatic heterocycles. The van der Waals surface area contributed by atoms with Crippen LogP contribution in [-0.4, -0.2) is 33.3 Å². The minimum absolute atomic E-state index is 0.0745. The lowest BCUT2D eigenvalue weighted by Crippen LogP contribution is -2.26. The summed E-state index contributed by atoms with van der Waals surface area (Å²) in [5, 5.41) is 3.61. The fourth-order valence-corrected chi connectivity index (χ4v) is 5.61. The molecule has 0 saturated carbocycles. The van der Waals surface area contributed by atoms with Gasteiger partial charge in [-0.3, -0.25) is 0 Å². The van der Waals surface area contributed by atoms with Crippen molar-refractivity contribution in [3.63, 3.8) is 0 Å². The Labute approximate surface area is 185 Å². The van der Waals surface area contributed by atoms with Crippen LogP contribution in [0.4, 0.5) is 5.82 Å². The zero-order valence-electron chi connectivity index (χ0n) is 17.8. The number of halogens is 1. The van der Waals surface area contributed by atoms with E-state index in [0.717, 1.165) is 66.1 Å². The summed E-state index contributed by atoms with van der Waals surface area (Å²) >= 11 is 5.44. The number of rotatable bonds is 6. The van der Waals surface area contributed by atoms with Gasteiger partial charge in [-0.2, -0.15) is 0 Å². The highest BCUT2D eigenvalue weighted by Gasteiger charge is 2.24. The molecule has 0 unspecified atom stereocenters. The Kier molecular flexibility index (Phi) is 6.19. The summed E-state index contributed by atoms with van der Waals surface area (Å²) in [7, 11) is 0. The molecule has 29 heavy (non-hydrogen) atoms. The van der Waals surface area contributed by atoms with Crippen molar-refractivity contribution in [1.29, 1.82) is 0 Å². The molecule has 158 valence electrons. The van der Waals surface area contributed by atoms with E-state index in [9.17, 15) is 0 Å². The molecule has 0 radical (unpaired) electrons. The van der Waals surface area contributed by atoms with Crippen molar-refractivity contribution in [3.8, 4) is 0 Å². The Hall–Kier alpha value is -1.18. The first-order chi connectivity index (χ1) is 13.9. The average molecular weight is 479 g/mol. The number of ether oxygens (including phenoxy) is 1. The van der Waals surface area contributed by atoms with Crippen LogP contribution in [0.5, 0.6) is 0 Å². The van der Waals surface area contributed by atoms with Gasteiger partial charge in [-0.25, -0.2) is 9.97 Å². The Balaban J connectivity index is 1.91. The Morgan fingerprint density at radius 3 is 2.72 bits per heavy atom. The number of hydrogen-bond donors (Lipinski definition) is 1. The molecule has 3 aromatic heterocycles. The molecule has 0 atom stereocenters. The van der Waals surface area contributed by atoms with Crippen LogP contribution in [0.15, 0.2) is 9.85 Å². The smallest absolute Gasteiger partial charge is 0.155 e. The van der Waals surface area contributed by atoms with Gasteiger partial charge < -0.3 is 14.6 Å². The number of fused-ring (bicyclic) bond motifs is 3. The fraction of sp³-hybridized carbons (Fsp3) is 0.636. The van der Waals surface area contributed by atoms with Gasteiger partial charge in [0, 0.05) is 31.7 Å². The SMILES string of the molecule is CCCCc1nc2c(NC(C)(C)C)nc3cc(Br)sc3c2n1CC1CCOCC1. The molecule has 0 bridgehead atoms. The minimum atomic E-state index is -0.0745. The molecular weight excluding hydrogens is 448 g/mol. The van der Waals surface area contributed by atoms with Crippen LogP contribution in [0.2, 0.25) is 0 Å². The van der Waals surface area contributed by atoms with Crippen LogP contribution < -0.4 is 5.32 Å². The molecular formula is C22H31BrN4OS.